The van der Waals surface area contributed by atoms with Crippen molar-refractivity contribution in [3.05, 3.63) is 42.0 Å². The molecule has 0 radical (unpaired) electrons. The lowest BCUT2D eigenvalue weighted by atomic mass is 9.32. The fraction of sp³-hybridized carbons (Fsp3) is 0.773. The zero-order valence-corrected chi connectivity index (χ0v) is 34.0. The number of fused-ring (bicyclic) bond motifs is 7. The van der Waals surface area contributed by atoms with Gasteiger partial charge in [-0.15, -0.1) is 23.2 Å². The summed E-state index contributed by atoms with van der Waals surface area (Å²) in [6, 6.07) is 8.43. The molecule has 8 heteroatoms. The number of anilines is 1. The Morgan fingerprint density at radius 1 is 0.885 bits per heavy atom. The van der Waals surface area contributed by atoms with E-state index in [0.29, 0.717) is 36.4 Å². The molecule has 1 aromatic rings. The molecule has 0 saturated heterocycles. The van der Waals surface area contributed by atoms with Crippen molar-refractivity contribution in [3.8, 4) is 0 Å². The first-order chi connectivity index (χ1) is 24.6. The highest BCUT2D eigenvalue weighted by molar-refractivity contribution is 6.18. The molecule has 0 spiro atoms. The van der Waals surface area contributed by atoms with E-state index in [1.54, 1.807) is 0 Å². The van der Waals surface area contributed by atoms with Crippen LogP contribution in [0.3, 0.4) is 0 Å². The Morgan fingerprint density at radius 3 is 2.21 bits per heavy atom. The molecule has 0 aliphatic heterocycles. The van der Waals surface area contributed by atoms with Gasteiger partial charge in [0.15, 0.2) is 0 Å². The first kappa shape index (κ1) is 39.9. The van der Waals surface area contributed by atoms with Gasteiger partial charge in [0.2, 0.25) is 0 Å². The van der Waals surface area contributed by atoms with Crippen molar-refractivity contribution in [2.24, 2.45) is 56.7 Å². The number of aryl methyl sites for hydroxylation is 1. The maximum atomic E-state index is 13.2. The second kappa shape index (κ2) is 15.1. The van der Waals surface area contributed by atoms with Crippen LogP contribution >= 0.6 is 23.2 Å². The Hall–Kier alpha value is -1.76. The minimum absolute atomic E-state index is 0.0153. The highest BCUT2D eigenvalue weighted by atomic mass is 35.5. The van der Waals surface area contributed by atoms with E-state index in [4.69, 9.17) is 27.9 Å². The van der Waals surface area contributed by atoms with Gasteiger partial charge in [0.1, 0.15) is 0 Å². The number of halogens is 2. The van der Waals surface area contributed by atoms with Gasteiger partial charge >= 0.3 is 11.9 Å². The van der Waals surface area contributed by atoms with E-state index >= 15 is 0 Å². The monoisotopic (exact) mass is 757 g/mol. The fourth-order valence-electron chi connectivity index (χ4n) is 13.7. The van der Waals surface area contributed by atoms with Gasteiger partial charge in [-0.3, -0.25) is 9.59 Å². The van der Waals surface area contributed by atoms with Crippen molar-refractivity contribution >= 4 is 40.8 Å². The number of alkyl halides is 2. The number of aliphatic carboxylic acids is 1. The SMILES string of the molecule is C=C(C)[C@@H]1CC[C@]2(C(=O)O)CC[C@]3(C)[C@H](CC[C@@H]4[C@@]5(C)CC[C@H](O)[C@@](C)(COC(=O)CCCc6ccc(N(CCCl)CCCl)cc6)[C@@H]5CC[C@]43C)[C@@H]12. The second-order valence-corrected chi connectivity index (χ2v) is 19.5. The number of hydrogen-bond donors (Lipinski definition) is 2. The number of carboxylic acids is 1. The number of benzene rings is 1. The highest BCUT2D eigenvalue weighted by Gasteiger charge is 2.72. The number of aliphatic hydroxyl groups excluding tert-OH is 1. The average Bonchev–Trinajstić information content (AvgIpc) is 3.52. The van der Waals surface area contributed by atoms with Gasteiger partial charge in [0, 0.05) is 42.4 Å². The third-order valence-electron chi connectivity index (χ3n) is 16.7. The smallest absolute Gasteiger partial charge is 0.309 e. The summed E-state index contributed by atoms with van der Waals surface area (Å²) in [5, 5.41) is 22.3. The Labute approximate surface area is 323 Å². The molecule has 290 valence electrons. The number of aliphatic hydroxyl groups is 1. The Bertz CT molecular complexity index is 1480. The molecule has 1 aromatic carbocycles. The predicted molar refractivity (Wildman–Crippen MR) is 211 cm³/mol. The van der Waals surface area contributed by atoms with Crippen molar-refractivity contribution < 1.29 is 24.5 Å². The quantitative estimate of drug-likeness (QED) is 0.118. The number of hydrogen-bond acceptors (Lipinski definition) is 5. The number of esters is 1. The van der Waals surface area contributed by atoms with Crippen molar-refractivity contribution in [2.75, 3.05) is 36.4 Å². The molecular formula is C44H65Cl2NO5. The minimum Gasteiger partial charge on any atom is -0.481 e. The maximum absolute atomic E-state index is 13.2. The summed E-state index contributed by atoms with van der Waals surface area (Å²) in [4.78, 5) is 28.4. The molecule has 11 atom stereocenters. The molecule has 0 bridgehead atoms. The fourth-order valence-corrected chi connectivity index (χ4v) is 14.1. The number of rotatable bonds is 13. The molecule has 2 N–H and O–H groups in total. The summed E-state index contributed by atoms with van der Waals surface area (Å²) >= 11 is 12.0. The number of ether oxygens (including phenoxy) is 1. The molecule has 6 nitrogen and oxygen atoms in total. The summed E-state index contributed by atoms with van der Waals surface area (Å²) in [7, 11) is 0. The van der Waals surface area contributed by atoms with Gasteiger partial charge in [-0.05, 0) is 148 Å². The number of allylic oxidation sites excluding steroid dienone is 1. The zero-order chi connectivity index (χ0) is 37.7. The molecule has 0 heterocycles. The van der Waals surface area contributed by atoms with Gasteiger partial charge in [-0.25, -0.2) is 0 Å². The summed E-state index contributed by atoms with van der Waals surface area (Å²) in [6.45, 7) is 18.0. The van der Waals surface area contributed by atoms with Gasteiger partial charge in [0.25, 0.3) is 0 Å². The molecule has 6 rings (SSSR count). The van der Waals surface area contributed by atoms with Crippen LogP contribution in [0.25, 0.3) is 0 Å². The van der Waals surface area contributed by atoms with Crippen LogP contribution in [-0.2, 0) is 20.7 Å². The maximum Gasteiger partial charge on any atom is 0.309 e. The molecule has 0 amide bonds. The lowest BCUT2D eigenvalue weighted by Gasteiger charge is -2.72. The molecule has 0 unspecified atom stereocenters. The van der Waals surface area contributed by atoms with Crippen LogP contribution < -0.4 is 4.90 Å². The van der Waals surface area contributed by atoms with Crippen LogP contribution in [0.5, 0.6) is 0 Å². The molecular weight excluding hydrogens is 693 g/mol. The van der Waals surface area contributed by atoms with E-state index in [1.807, 2.05) is 0 Å². The summed E-state index contributed by atoms with van der Waals surface area (Å²) in [6.07, 6.45) is 10.8. The van der Waals surface area contributed by atoms with Gasteiger partial charge in [-0.2, -0.15) is 0 Å². The van der Waals surface area contributed by atoms with Crippen LogP contribution in [0.2, 0.25) is 0 Å². The van der Waals surface area contributed by atoms with Crippen molar-refractivity contribution in [1.82, 2.24) is 0 Å². The van der Waals surface area contributed by atoms with E-state index in [9.17, 15) is 19.8 Å². The topological polar surface area (TPSA) is 87.1 Å². The van der Waals surface area contributed by atoms with E-state index in [0.717, 1.165) is 95.0 Å². The molecule has 5 fully saturated rings. The normalized spacial score (nSPS) is 40.8. The van der Waals surface area contributed by atoms with E-state index < -0.39 is 22.9 Å². The predicted octanol–water partition coefficient (Wildman–Crippen LogP) is 9.92. The van der Waals surface area contributed by atoms with E-state index in [2.05, 4.69) is 70.4 Å². The van der Waals surface area contributed by atoms with Crippen LogP contribution in [-0.4, -0.2) is 59.7 Å². The number of nitrogens with zero attached hydrogens (tertiary/aromatic N) is 1. The summed E-state index contributed by atoms with van der Waals surface area (Å²) < 4.78 is 6.08. The first-order valence-electron chi connectivity index (χ1n) is 20.3. The highest BCUT2D eigenvalue weighted by Crippen LogP contribution is 2.77. The average molecular weight is 759 g/mol. The van der Waals surface area contributed by atoms with Crippen LogP contribution in [0, 0.1) is 56.7 Å². The Morgan fingerprint density at radius 2 is 1.58 bits per heavy atom. The van der Waals surface area contributed by atoms with Crippen molar-refractivity contribution in [1.29, 1.82) is 0 Å². The second-order valence-electron chi connectivity index (χ2n) is 18.8. The Balaban J connectivity index is 1.12. The standard InChI is InChI=1S/C44H65Cl2NO5/c1-29(2)32-16-21-44(39(50)51)23-22-42(5)33(38(32)44)14-15-35-40(3)19-18-36(48)41(4,34(40)17-20-43(35,42)6)28-52-37(49)9-7-8-30-10-12-31(13-11-30)47(26-24-45)27-25-46/h10-13,32-36,38,48H,1,7-9,14-28H2,2-6H3,(H,50,51)/t32-,33+,34+,35+,36-,38+,40-,41-,42+,43+,44-/m0/s1. The van der Waals surface area contributed by atoms with Crippen LogP contribution in [0.15, 0.2) is 36.4 Å². The van der Waals surface area contributed by atoms with Crippen LogP contribution in [0.4, 0.5) is 5.69 Å². The Kier molecular flexibility index (Phi) is 11.6. The van der Waals surface area contributed by atoms with Crippen molar-refractivity contribution in [3.63, 3.8) is 0 Å². The number of carbonyl (C=O) groups excluding carboxylic acids is 1. The third-order valence-corrected chi connectivity index (χ3v) is 17.0. The molecule has 5 aliphatic rings. The van der Waals surface area contributed by atoms with E-state index in [1.165, 1.54) is 5.56 Å². The molecule has 0 aromatic heterocycles. The summed E-state index contributed by atoms with van der Waals surface area (Å²) in [5.74, 6) is 1.88. The lowest BCUT2D eigenvalue weighted by Crippen LogP contribution is -2.67. The van der Waals surface area contributed by atoms with Crippen molar-refractivity contribution in [2.45, 2.75) is 124 Å². The zero-order valence-electron chi connectivity index (χ0n) is 32.5. The first-order valence-corrected chi connectivity index (χ1v) is 21.4. The lowest BCUT2D eigenvalue weighted by molar-refractivity contribution is -0.255. The molecule has 5 saturated carbocycles. The third kappa shape index (κ3) is 6.45. The van der Waals surface area contributed by atoms with Gasteiger partial charge < -0.3 is 19.8 Å². The molecule has 5 aliphatic carbocycles. The molecule has 52 heavy (non-hydrogen) atoms. The van der Waals surface area contributed by atoms with Gasteiger partial charge in [0.05, 0.1) is 18.1 Å². The van der Waals surface area contributed by atoms with Gasteiger partial charge in [-0.1, -0.05) is 52.0 Å². The minimum atomic E-state index is -0.615. The van der Waals surface area contributed by atoms with E-state index in [-0.39, 0.29) is 46.6 Å². The summed E-state index contributed by atoms with van der Waals surface area (Å²) in [5.41, 5.74) is 2.48. The largest absolute Gasteiger partial charge is 0.481 e. The number of carbonyl (C=O) groups is 2. The van der Waals surface area contributed by atoms with Crippen LogP contribution in [0.1, 0.15) is 117 Å². The number of carboxylic acid groups (broad SMARTS) is 1.